The number of hydrogen-bond acceptors (Lipinski definition) is 12. The Bertz CT molecular complexity index is 2570. The molecule has 3 N–H and O–H groups in total. The Morgan fingerprint density at radius 2 is 1.55 bits per heavy atom. The summed E-state index contributed by atoms with van der Waals surface area (Å²) in [5.41, 5.74) is 5.40. The van der Waals surface area contributed by atoms with Crippen molar-refractivity contribution < 1.29 is 32.3 Å². The molecule has 324 valence electrons. The molecule has 16 nitrogen and oxygen atoms in total. The van der Waals surface area contributed by atoms with Gasteiger partial charge in [-0.15, -0.1) is 5.10 Å². The van der Waals surface area contributed by atoms with Crippen LogP contribution in [0.5, 0.6) is 5.75 Å². The SMILES string of the molecule is CS(=O)(=O)Nc1cccc(-c2ccc3cnc(Nc4ccc(N5CCN(CCCCCCCCCOc6cccc7c6C(=O)N(C6CCC(=O)NC6=O)C7=O)CC5)cc4)nn23)c1. The van der Waals surface area contributed by atoms with E-state index >= 15 is 0 Å². The zero-order chi connectivity index (χ0) is 43.2. The fourth-order valence-corrected chi connectivity index (χ4v) is 8.91. The van der Waals surface area contributed by atoms with Crippen molar-refractivity contribution in [1.82, 2.24) is 29.7 Å². The molecule has 3 aliphatic heterocycles. The number of imide groups is 2. The first kappa shape index (κ1) is 42.4. The van der Waals surface area contributed by atoms with Crippen LogP contribution < -0.4 is 25.0 Å². The lowest BCUT2D eigenvalue weighted by Gasteiger charge is -2.36. The van der Waals surface area contributed by atoms with Gasteiger partial charge in [-0.25, -0.2) is 17.9 Å². The molecule has 17 heteroatoms. The van der Waals surface area contributed by atoms with Crippen molar-refractivity contribution in [2.75, 3.05) is 60.5 Å². The van der Waals surface area contributed by atoms with Crippen LogP contribution in [0, 0.1) is 0 Å². The number of piperidine rings is 1. The molecule has 5 aromatic rings. The summed E-state index contributed by atoms with van der Waals surface area (Å²) in [5, 5.41) is 10.3. The van der Waals surface area contributed by atoms with Gasteiger partial charge in [0.2, 0.25) is 27.8 Å². The van der Waals surface area contributed by atoms with Crippen LogP contribution in [0.15, 0.2) is 85.1 Å². The monoisotopic (exact) mass is 861 g/mol. The number of rotatable bonds is 18. The van der Waals surface area contributed by atoms with E-state index in [0.717, 1.165) is 92.0 Å². The number of piperazine rings is 1. The van der Waals surface area contributed by atoms with Crippen molar-refractivity contribution >= 4 is 62.2 Å². The van der Waals surface area contributed by atoms with Gasteiger partial charge in [0.05, 0.1) is 41.4 Å². The molecule has 0 aliphatic carbocycles. The van der Waals surface area contributed by atoms with Crippen molar-refractivity contribution in [3.8, 4) is 17.0 Å². The fraction of sp³-hybridized carbons (Fsp3) is 0.378. The van der Waals surface area contributed by atoms with Crippen LogP contribution in [-0.2, 0) is 19.6 Å². The maximum absolute atomic E-state index is 13.3. The molecule has 8 rings (SSSR count). The smallest absolute Gasteiger partial charge is 0.266 e. The average molecular weight is 862 g/mol. The summed E-state index contributed by atoms with van der Waals surface area (Å²) < 4.78 is 33.8. The number of hydrogen-bond donors (Lipinski definition) is 3. The highest BCUT2D eigenvalue weighted by Gasteiger charge is 2.46. The lowest BCUT2D eigenvalue weighted by molar-refractivity contribution is -0.136. The number of aromatic nitrogens is 3. The minimum atomic E-state index is -3.40. The zero-order valence-corrected chi connectivity index (χ0v) is 35.5. The summed E-state index contributed by atoms with van der Waals surface area (Å²) in [6.45, 7) is 5.53. The van der Waals surface area contributed by atoms with E-state index in [9.17, 15) is 27.6 Å². The van der Waals surface area contributed by atoms with Crippen molar-refractivity contribution in [2.45, 2.75) is 63.8 Å². The first-order chi connectivity index (χ1) is 30.0. The number of benzene rings is 3. The molecule has 1 atom stereocenters. The second-order valence-corrected chi connectivity index (χ2v) is 17.8. The Kier molecular flexibility index (Phi) is 12.8. The summed E-state index contributed by atoms with van der Waals surface area (Å²) >= 11 is 0. The van der Waals surface area contributed by atoms with E-state index in [1.807, 2.05) is 30.3 Å². The number of carbonyl (C=O) groups excluding carboxylic acids is 4. The number of nitrogens with one attached hydrogen (secondary N) is 3. The van der Waals surface area contributed by atoms with E-state index in [1.54, 1.807) is 47.1 Å². The molecule has 2 aromatic heterocycles. The van der Waals surface area contributed by atoms with Crippen LogP contribution in [-0.4, -0.2) is 108 Å². The van der Waals surface area contributed by atoms with Gasteiger partial charge in [-0.1, -0.05) is 50.3 Å². The molecule has 2 saturated heterocycles. The summed E-state index contributed by atoms with van der Waals surface area (Å²) in [5.74, 6) is -1.32. The van der Waals surface area contributed by atoms with E-state index in [1.165, 1.54) is 24.9 Å². The van der Waals surface area contributed by atoms with E-state index in [4.69, 9.17) is 9.84 Å². The third kappa shape index (κ3) is 9.89. The van der Waals surface area contributed by atoms with Crippen LogP contribution in [0.25, 0.3) is 16.8 Å². The number of anilines is 4. The number of nitrogens with zero attached hydrogens (tertiary/aromatic N) is 6. The van der Waals surface area contributed by atoms with Crippen molar-refractivity contribution in [3.05, 3.63) is 96.2 Å². The van der Waals surface area contributed by atoms with Crippen molar-refractivity contribution in [1.29, 1.82) is 0 Å². The quantitative estimate of drug-likeness (QED) is 0.0707. The fourth-order valence-electron chi connectivity index (χ4n) is 8.36. The predicted octanol–water partition coefficient (Wildman–Crippen LogP) is 5.84. The van der Waals surface area contributed by atoms with Gasteiger partial charge in [-0.05, 0) is 86.5 Å². The standard InChI is InChI=1S/C45H51N9O7S/c1-62(59,60)50-33-12-9-11-31(29-33)37-20-19-35-30-46-45(49-54(35)37)47-32-15-17-34(18-16-32)52-26-24-51(25-27-52)23-7-5-3-2-4-6-8-28-61-39-14-10-13-36-41(39)44(58)53(43(36)57)38-21-22-40(55)48-42(38)56/h9-20,29-30,38,50H,2-8,21-28H2,1H3,(H,47,49)(H,48,55,56). The third-order valence-electron chi connectivity index (χ3n) is 11.5. The number of fused-ring (bicyclic) bond motifs is 2. The molecule has 62 heavy (non-hydrogen) atoms. The van der Waals surface area contributed by atoms with Crippen LogP contribution in [0.3, 0.4) is 0 Å². The first-order valence-electron chi connectivity index (χ1n) is 21.3. The molecule has 0 spiro atoms. The Morgan fingerprint density at radius 3 is 2.31 bits per heavy atom. The van der Waals surface area contributed by atoms with Gasteiger partial charge in [0.25, 0.3) is 11.8 Å². The second kappa shape index (κ2) is 18.7. The molecule has 0 bridgehead atoms. The lowest BCUT2D eigenvalue weighted by atomic mass is 10.0. The molecule has 0 saturated carbocycles. The molecule has 5 heterocycles. The summed E-state index contributed by atoms with van der Waals surface area (Å²) in [6.07, 6.45) is 10.7. The van der Waals surface area contributed by atoms with Gasteiger partial charge in [-0.3, -0.25) is 39.0 Å². The Hall–Kier alpha value is -6.33. The number of ether oxygens (including phenoxy) is 1. The summed E-state index contributed by atoms with van der Waals surface area (Å²) in [6, 6.07) is 23.3. The second-order valence-electron chi connectivity index (χ2n) is 16.0. The largest absolute Gasteiger partial charge is 0.493 e. The van der Waals surface area contributed by atoms with E-state index in [2.05, 4.69) is 42.3 Å². The predicted molar refractivity (Wildman–Crippen MR) is 236 cm³/mol. The highest BCUT2D eigenvalue weighted by atomic mass is 32.2. The minimum Gasteiger partial charge on any atom is -0.493 e. The first-order valence-corrected chi connectivity index (χ1v) is 23.1. The highest BCUT2D eigenvalue weighted by Crippen LogP contribution is 2.34. The summed E-state index contributed by atoms with van der Waals surface area (Å²) in [4.78, 5) is 60.7. The van der Waals surface area contributed by atoms with Crippen molar-refractivity contribution in [3.63, 3.8) is 0 Å². The molecule has 0 radical (unpaired) electrons. The topological polar surface area (TPSA) is 188 Å². The number of carbonyl (C=O) groups is 4. The Balaban J connectivity index is 0.708. The van der Waals surface area contributed by atoms with Gasteiger partial charge < -0.3 is 15.0 Å². The average Bonchev–Trinajstić information content (AvgIpc) is 3.79. The lowest BCUT2D eigenvalue weighted by Crippen LogP contribution is -2.54. The van der Waals surface area contributed by atoms with E-state index in [0.29, 0.717) is 24.0 Å². The van der Waals surface area contributed by atoms with Crippen LogP contribution in [0.4, 0.5) is 23.0 Å². The van der Waals surface area contributed by atoms with E-state index < -0.39 is 39.7 Å². The minimum absolute atomic E-state index is 0.0778. The zero-order valence-electron chi connectivity index (χ0n) is 34.7. The number of sulfonamides is 1. The summed E-state index contributed by atoms with van der Waals surface area (Å²) in [7, 11) is -3.40. The van der Waals surface area contributed by atoms with Crippen LogP contribution in [0.1, 0.15) is 78.5 Å². The Morgan fingerprint density at radius 1 is 0.806 bits per heavy atom. The molecular formula is C45H51N9O7S. The van der Waals surface area contributed by atoms with Crippen molar-refractivity contribution in [2.24, 2.45) is 0 Å². The maximum atomic E-state index is 13.3. The number of amides is 4. The number of unbranched alkanes of at least 4 members (excludes halogenated alkanes) is 6. The van der Waals surface area contributed by atoms with E-state index in [-0.39, 0.29) is 24.0 Å². The van der Waals surface area contributed by atoms with Gasteiger partial charge in [0.15, 0.2) is 0 Å². The van der Waals surface area contributed by atoms with Crippen LogP contribution >= 0.6 is 0 Å². The molecule has 2 fully saturated rings. The molecule has 1 unspecified atom stereocenters. The van der Waals surface area contributed by atoms with Crippen LogP contribution in [0.2, 0.25) is 0 Å². The van der Waals surface area contributed by atoms with Gasteiger partial charge in [-0.2, -0.15) is 0 Å². The Labute approximate surface area is 360 Å². The maximum Gasteiger partial charge on any atom is 0.266 e. The molecular weight excluding hydrogens is 811 g/mol. The molecule has 3 aromatic carbocycles. The van der Waals surface area contributed by atoms with Gasteiger partial charge in [0.1, 0.15) is 11.8 Å². The molecule has 4 amide bonds. The molecule has 3 aliphatic rings. The normalized spacial score (nSPS) is 17.1. The third-order valence-corrected chi connectivity index (χ3v) is 12.1. The van der Waals surface area contributed by atoms with Gasteiger partial charge in [0, 0.05) is 55.2 Å². The van der Waals surface area contributed by atoms with Gasteiger partial charge >= 0.3 is 0 Å². The highest BCUT2D eigenvalue weighted by molar-refractivity contribution is 7.92.